The van der Waals surface area contributed by atoms with Crippen molar-refractivity contribution in [3.63, 3.8) is 0 Å². The number of hydrogen-bond acceptors (Lipinski definition) is 11. The van der Waals surface area contributed by atoms with Crippen molar-refractivity contribution in [2.75, 3.05) is 65.5 Å². The zero-order chi connectivity index (χ0) is 36.2. The van der Waals surface area contributed by atoms with Crippen LogP contribution in [-0.2, 0) is 22.7 Å². The number of rotatable bonds is 7. The number of nitrogens with zero attached hydrogens (tertiary/aromatic N) is 8. The van der Waals surface area contributed by atoms with Gasteiger partial charge < -0.3 is 34.2 Å². The average molecular weight is 712 g/mol. The van der Waals surface area contributed by atoms with E-state index in [2.05, 4.69) is 25.3 Å². The molecule has 2 bridgehead atoms. The molecule has 52 heavy (non-hydrogen) atoms. The first-order valence-corrected chi connectivity index (χ1v) is 17.9. The van der Waals surface area contributed by atoms with Crippen LogP contribution in [0.25, 0.3) is 10.9 Å². The Kier molecular flexibility index (Phi) is 10.4. The number of nitrogens with one attached hydrogen (secondary N) is 1. The van der Waals surface area contributed by atoms with E-state index in [0.717, 1.165) is 49.4 Å². The van der Waals surface area contributed by atoms with Crippen molar-refractivity contribution in [2.45, 2.75) is 51.1 Å². The minimum Gasteiger partial charge on any atom is -0.493 e. The number of hydrogen-bond donors (Lipinski definition) is 1. The summed E-state index contributed by atoms with van der Waals surface area (Å²) in [5.41, 5.74) is 1.81. The summed E-state index contributed by atoms with van der Waals surface area (Å²) in [6, 6.07) is 5.60. The molecule has 7 rings (SSSR count). The number of anilines is 1. The number of piperidine rings is 1. The van der Waals surface area contributed by atoms with Crippen molar-refractivity contribution >= 4 is 34.4 Å². The summed E-state index contributed by atoms with van der Waals surface area (Å²) in [5.74, 6) is 2.82. The van der Waals surface area contributed by atoms with Gasteiger partial charge in [0.05, 0.1) is 32.4 Å². The fourth-order valence-electron chi connectivity index (χ4n) is 7.10. The van der Waals surface area contributed by atoms with Crippen LogP contribution in [0, 0.1) is 5.92 Å². The molecule has 1 aliphatic carbocycles. The van der Waals surface area contributed by atoms with Gasteiger partial charge in [-0.3, -0.25) is 19.1 Å². The van der Waals surface area contributed by atoms with Gasteiger partial charge >= 0.3 is 0 Å². The largest absolute Gasteiger partial charge is 0.493 e. The number of fused-ring (bicyclic) bond motifs is 5. The van der Waals surface area contributed by atoms with Crippen molar-refractivity contribution in [1.82, 2.24) is 39.8 Å². The van der Waals surface area contributed by atoms with Gasteiger partial charge in [0.25, 0.3) is 5.91 Å². The van der Waals surface area contributed by atoms with Crippen molar-refractivity contribution < 1.29 is 28.6 Å². The molecular weight excluding hydrogens is 666 g/mol. The Bertz CT molecular complexity index is 1920. The Labute approximate surface area is 302 Å². The minimum atomic E-state index is -0.272. The molecule has 1 N–H and O–H groups in total. The van der Waals surface area contributed by atoms with Crippen LogP contribution in [0.1, 0.15) is 59.8 Å². The molecule has 0 radical (unpaired) electrons. The Hall–Kier alpha value is -5.47. The maximum absolute atomic E-state index is 14.4. The lowest BCUT2D eigenvalue weighted by Crippen LogP contribution is -2.43. The normalized spacial score (nSPS) is 18.6. The monoisotopic (exact) mass is 711 g/mol. The minimum absolute atomic E-state index is 0.0138. The maximum Gasteiger partial charge on any atom is 0.257 e. The van der Waals surface area contributed by atoms with Crippen LogP contribution in [0.2, 0.25) is 0 Å². The molecule has 2 fully saturated rings. The average Bonchev–Trinajstić information content (AvgIpc) is 3.90. The highest BCUT2D eigenvalue weighted by atomic mass is 16.5. The SMILES string of the molecule is COc1cc2nc3c(cc2c(OC)c1OC)CN(C(=O)c1cnc(C2CC2)nc1)CCN(C(=O)Cn1cccn1)CCC(=O)NCC1CCCN3C1. The van der Waals surface area contributed by atoms with Gasteiger partial charge in [-0.15, -0.1) is 0 Å². The summed E-state index contributed by atoms with van der Waals surface area (Å²) >= 11 is 0. The number of aromatic nitrogens is 5. The molecule has 3 aromatic heterocycles. The van der Waals surface area contributed by atoms with Crippen molar-refractivity contribution in [3.8, 4) is 17.2 Å². The lowest BCUT2D eigenvalue weighted by atomic mass is 9.97. The molecule has 15 nitrogen and oxygen atoms in total. The second-order valence-electron chi connectivity index (χ2n) is 13.6. The molecule has 1 saturated carbocycles. The number of ether oxygens (including phenoxy) is 3. The van der Waals surface area contributed by atoms with Crippen LogP contribution in [0.5, 0.6) is 17.2 Å². The topological polar surface area (TPSA) is 157 Å². The molecule has 5 heterocycles. The quantitative estimate of drug-likeness (QED) is 0.301. The number of amides is 3. The first-order chi connectivity index (χ1) is 25.3. The molecule has 4 aromatic rings. The van der Waals surface area contributed by atoms with Gasteiger partial charge in [0, 0.05) is 100.0 Å². The molecule has 2 aliphatic heterocycles. The van der Waals surface area contributed by atoms with Gasteiger partial charge in [-0.05, 0) is 43.7 Å². The van der Waals surface area contributed by atoms with E-state index in [1.54, 1.807) is 66.7 Å². The van der Waals surface area contributed by atoms with Crippen molar-refractivity contribution in [2.24, 2.45) is 5.92 Å². The van der Waals surface area contributed by atoms with Gasteiger partial charge in [-0.1, -0.05) is 0 Å². The summed E-state index contributed by atoms with van der Waals surface area (Å²) < 4.78 is 18.8. The summed E-state index contributed by atoms with van der Waals surface area (Å²) in [5, 5.41) is 8.01. The Morgan fingerprint density at radius 3 is 2.44 bits per heavy atom. The van der Waals surface area contributed by atoms with Crippen LogP contribution in [-0.4, -0.2) is 113 Å². The van der Waals surface area contributed by atoms with E-state index in [9.17, 15) is 14.4 Å². The highest BCUT2D eigenvalue weighted by Gasteiger charge is 2.30. The fraction of sp³-hybridized carbons (Fsp3) is 0.486. The van der Waals surface area contributed by atoms with Crippen LogP contribution in [0.4, 0.5) is 5.82 Å². The Balaban J connectivity index is 1.32. The van der Waals surface area contributed by atoms with E-state index < -0.39 is 0 Å². The molecule has 274 valence electrons. The first kappa shape index (κ1) is 35.0. The molecule has 3 aliphatic rings. The fourth-order valence-corrected chi connectivity index (χ4v) is 7.10. The maximum atomic E-state index is 14.4. The van der Waals surface area contributed by atoms with Crippen molar-refractivity contribution in [3.05, 3.63) is 59.9 Å². The van der Waals surface area contributed by atoms with E-state index in [0.29, 0.717) is 52.7 Å². The van der Waals surface area contributed by atoms with Crippen LogP contribution < -0.4 is 24.4 Å². The zero-order valence-electron chi connectivity index (χ0n) is 29.9. The highest BCUT2D eigenvalue weighted by Crippen LogP contribution is 2.44. The predicted octanol–water partition coefficient (Wildman–Crippen LogP) is 3.03. The Morgan fingerprint density at radius 1 is 0.942 bits per heavy atom. The predicted molar refractivity (Wildman–Crippen MR) is 192 cm³/mol. The highest BCUT2D eigenvalue weighted by molar-refractivity contribution is 5.95. The lowest BCUT2D eigenvalue weighted by Gasteiger charge is -2.35. The summed E-state index contributed by atoms with van der Waals surface area (Å²) in [6.07, 6.45) is 10.6. The van der Waals surface area contributed by atoms with Gasteiger partial charge in [-0.25, -0.2) is 15.0 Å². The second kappa shape index (κ2) is 15.4. The smallest absolute Gasteiger partial charge is 0.257 e. The second-order valence-corrected chi connectivity index (χ2v) is 13.6. The van der Waals surface area contributed by atoms with E-state index in [1.165, 1.54) is 0 Å². The third-order valence-electron chi connectivity index (χ3n) is 10.1. The number of carbonyl (C=O) groups excluding carboxylic acids is 3. The molecule has 1 aromatic carbocycles. The van der Waals surface area contributed by atoms with Gasteiger partial charge in [-0.2, -0.15) is 5.10 Å². The molecule has 1 saturated heterocycles. The lowest BCUT2D eigenvalue weighted by molar-refractivity contribution is -0.133. The summed E-state index contributed by atoms with van der Waals surface area (Å²) in [7, 11) is 4.71. The number of pyridine rings is 1. The van der Waals surface area contributed by atoms with Gasteiger partial charge in [0.15, 0.2) is 11.5 Å². The van der Waals surface area contributed by atoms with Gasteiger partial charge in [0.2, 0.25) is 17.6 Å². The summed E-state index contributed by atoms with van der Waals surface area (Å²) in [6.45, 7) is 2.72. The third-order valence-corrected chi connectivity index (χ3v) is 10.1. The van der Waals surface area contributed by atoms with E-state index in [1.807, 2.05) is 12.1 Å². The molecule has 1 atom stereocenters. The number of methoxy groups -OCH3 is 3. The standard InChI is InChI=1S/C37H45N9O6/c1-50-30-17-29-28(33(51-2)34(30)52-3)16-26-22-45(37(49)27-19-39-35(40-20-27)25-7-8-25)15-14-43(32(48)23-46-12-5-10-41-46)13-9-31(47)38-18-24-6-4-11-44(21-24)36(26)42-29/h5,10,12,16-17,19-20,24-25H,4,6-9,11,13-15,18,21-23H2,1-3H3,(H,38,47). The van der Waals surface area contributed by atoms with Crippen LogP contribution >= 0.6 is 0 Å². The molecular formula is C37H45N9O6. The zero-order valence-corrected chi connectivity index (χ0v) is 29.9. The molecule has 3 amide bonds. The van der Waals surface area contributed by atoms with E-state index >= 15 is 0 Å². The van der Waals surface area contributed by atoms with E-state index in [4.69, 9.17) is 19.2 Å². The number of carbonyl (C=O) groups is 3. The van der Waals surface area contributed by atoms with Crippen LogP contribution in [0.15, 0.2) is 43.0 Å². The first-order valence-electron chi connectivity index (χ1n) is 17.9. The molecule has 0 spiro atoms. The van der Waals surface area contributed by atoms with Gasteiger partial charge in [0.1, 0.15) is 18.2 Å². The summed E-state index contributed by atoms with van der Waals surface area (Å²) in [4.78, 5) is 61.1. The number of benzene rings is 1. The third kappa shape index (κ3) is 7.58. The van der Waals surface area contributed by atoms with Crippen molar-refractivity contribution in [1.29, 1.82) is 0 Å². The Morgan fingerprint density at radius 2 is 1.73 bits per heavy atom. The van der Waals surface area contributed by atoms with E-state index in [-0.39, 0.29) is 62.8 Å². The van der Waals surface area contributed by atoms with Crippen LogP contribution in [0.3, 0.4) is 0 Å². The molecule has 15 heteroatoms. The molecule has 1 unspecified atom stereocenters.